The fourth-order valence-electron chi connectivity index (χ4n) is 1.95. The number of carboxylic acids is 1. The van der Waals surface area contributed by atoms with Gasteiger partial charge in [-0.05, 0) is 42.5 Å². The number of benzene rings is 2. The Morgan fingerprint density at radius 2 is 1.50 bits per heavy atom. The van der Waals surface area contributed by atoms with Crippen molar-refractivity contribution in [2.75, 3.05) is 18.8 Å². The van der Waals surface area contributed by atoms with Crippen LogP contribution in [0.25, 0.3) is 0 Å². The van der Waals surface area contributed by atoms with E-state index in [0.29, 0.717) is 0 Å². The van der Waals surface area contributed by atoms with E-state index in [1.165, 1.54) is 14.1 Å². The largest absolute Gasteiger partial charge is 0.506 e. The zero-order chi connectivity index (χ0) is 19.7. The fraction of sp³-hybridized carbons (Fsp3) is 0.133. The highest BCUT2D eigenvalue weighted by atomic mass is 32.2. The molecule has 140 valence electrons. The van der Waals surface area contributed by atoms with Crippen LogP contribution < -0.4 is 4.72 Å². The summed E-state index contributed by atoms with van der Waals surface area (Å²) in [5, 5.41) is 18.7. The van der Waals surface area contributed by atoms with Gasteiger partial charge in [-0.3, -0.25) is 4.72 Å². The number of sulfonamides is 2. The summed E-state index contributed by atoms with van der Waals surface area (Å²) in [7, 11) is -5.37. The van der Waals surface area contributed by atoms with Crippen LogP contribution >= 0.6 is 0 Å². The minimum absolute atomic E-state index is 0.0918. The highest BCUT2D eigenvalue weighted by Crippen LogP contribution is 2.29. The molecule has 0 atom stereocenters. The summed E-state index contributed by atoms with van der Waals surface area (Å²) in [6.07, 6.45) is 0. The zero-order valence-electron chi connectivity index (χ0n) is 13.7. The second kappa shape index (κ2) is 6.94. The number of phenolic OH excluding ortho intramolecular Hbond substituents is 1. The van der Waals surface area contributed by atoms with Gasteiger partial charge >= 0.3 is 5.97 Å². The molecular weight excluding hydrogens is 384 g/mol. The fourth-order valence-corrected chi connectivity index (χ4v) is 3.94. The van der Waals surface area contributed by atoms with E-state index in [9.17, 15) is 26.7 Å². The molecule has 2 rings (SSSR count). The maximum Gasteiger partial charge on any atom is 0.335 e. The van der Waals surface area contributed by atoms with Gasteiger partial charge in [-0.25, -0.2) is 25.9 Å². The molecular formula is C15H16N2O7S2. The zero-order valence-corrected chi connectivity index (χ0v) is 15.4. The number of phenols is 1. The van der Waals surface area contributed by atoms with E-state index in [-0.39, 0.29) is 21.0 Å². The molecule has 2 aromatic rings. The van der Waals surface area contributed by atoms with E-state index >= 15 is 0 Å². The number of aromatic carboxylic acids is 1. The average Bonchev–Trinajstić information content (AvgIpc) is 2.56. The first-order valence-electron chi connectivity index (χ1n) is 7.07. The van der Waals surface area contributed by atoms with Gasteiger partial charge in [0.05, 0.1) is 21.0 Å². The molecule has 0 radical (unpaired) electrons. The van der Waals surface area contributed by atoms with E-state index in [1.54, 1.807) is 0 Å². The molecule has 0 spiro atoms. The average molecular weight is 400 g/mol. The number of nitrogens with zero attached hydrogens (tertiary/aromatic N) is 1. The Bertz CT molecular complexity index is 1040. The van der Waals surface area contributed by atoms with Crippen LogP contribution in [-0.4, -0.2) is 51.4 Å². The van der Waals surface area contributed by atoms with Crippen molar-refractivity contribution < 1.29 is 31.8 Å². The number of carboxylic acid groups (broad SMARTS) is 1. The third kappa shape index (κ3) is 3.95. The van der Waals surface area contributed by atoms with Crippen LogP contribution in [0.15, 0.2) is 52.3 Å². The summed E-state index contributed by atoms with van der Waals surface area (Å²) in [6, 6.07) is 7.60. The lowest BCUT2D eigenvalue weighted by atomic mass is 10.2. The molecule has 26 heavy (non-hydrogen) atoms. The number of carbonyl (C=O) groups is 1. The monoisotopic (exact) mass is 400 g/mol. The van der Waals surface area contributed by atoms with Gasteiger partial charge in [-0.2, -0.15) is 0 Å². The predicted molar refractivity (Wildman–Crippen MR) is 93.2 cm³/mol. The molecule has 0 fully saturated rings. The highest BCUT2D eigenvalue weighted by molar-refractivity contribution is 7.92. The van der Waals surface area contributed by atoms with Crippen molar-refractivity contribution in [2.45, 2.75) is 9.79 Å². The highest BCUT2D eigenvalue weighted by Gasteiger charge is 2.21. The van der Waals surface area contributed by atoms with Crippen LogP contribution in [0.2, 0.25) is 0 Å². The molecule has 0 aromatic heterocycles. The van der Waals surface area contributed by atoms with Gasteiger partial charge in [0.25, 0.3) is 10.0 Å². The summed E-state index contributed by atoms with van der Waals surface area (Å²) in [4.78, 5) is 10.4. The molecule has 0 amide bonds. The van der Waals surface area contributed by atoms with E-state index in [2.05, 4.69) is 4.72 Å². The number of rotatable bonds is 6. The second-order valence-corrected chi connectivity index (χ2v) is 9.24. The predicted octanol–water partition coefficient (Wildman–Crippen LogP) is 1.14. The molecule has 0 aliphatic heterocycles. The van der Waals surface area contributed by atoms with Crippen molar-refractivity contribution >= 4 is 31.7 Å². The first kappa shape index (κ1) is 19.7. The maximum atomic E-state index is 12.4. The Kier molecular flexibility index (Phi) is 5.26. The molecule has 0 saturated heterocycles. The summed E-state index contributed by atoms with van der Waals surface area (Å²) >= 11 is 0. The van der Waals surface area contributed by atoms with Gasteiger partial charge in [0.15, 0.2) is 0 Å². The number of hydrogen-bond donors (Lipinski definition) is 3. The topological polar surface area (TPSA) is 141 Å². The number of anilines is 1. The van der Waals surface area contributed by atoms with Gasteiger partial charge in [-0.1, -0.05) is 0 Å². The van der Waals surface area contributed by atoms with Gasteiger partial charge in [-0.15, -0.1) is 0 Å². The van der Waals surface area contributed by atoms with Gasteiger partial charge in [0.2, 0.25) is 10.0 Å². The molecule has 0 heterocycles. The molecule has 11 heteroatoms. The Labute approximate surface area is 150 Å². The Hall–Kier alpha value is -2.63. The molecule has 0 unspecified atom stereocenters. The lowest BCUT2D eigenvalue weighted by Crippen LogP contribution is -2.22. The number of nitrogens with one attached hydrogen (secondary N) is 1. The smallest absolute Gasteiger partial charge is 0.335 e. The minimum atomic E-state index is -4.17. The Morgan fingerprint density at radius 3 is 2.00 bits per heavy atom. The van der Waals surface area contributed by atoms with E-state index in [1.807, 2.05) is 0 Å². The lowest BCUT2D eigenvalue weighted by molar-refractivity contribution is 0.0696. The van der Waals surface area contributed by atoms with Crippen LogP contribution in [0, 0.1) is 0 Å². The summed E-state index contributed by atoms with van der Waals surface area (Å²) in [5.74, 6) is -1.67. The molecule has 3 N–H and O–H groups in total. The third-order valence-electron chi connectivity index (χ3n) is 3.40. The van der Waals surface area contributed by atoms with Crippen LogP contribution in [0.3, 0.4) is 0 Å². The summed E-state index contributed by atoms with van der Waals surface area (Å²) in [6.45, 7) is 0. The van der Waals surface area contributed by atoms with Crippen molar-refractivity contribution in [2.24, 2.45) is 0 Å². The quantitative estimate of drug-likeness (QED) is 0.617. The Balaban J connectivity index is 2.42. The van der Waals surface area contributed by atoms with Crippen LogP contribution in [0.1, 0.15) is 10.4 Å². The normalized spacial score (nSPS) is 12.1. The summed E-state index contributed by atoms with van der Waals surface area (Å²) < 4.78 is 52.1. The van der Waals surface area contributed by atoms with Crippen molar-refractivity contribution in [3.8, 4) is 5.75 Å². The maximum absolute atomic E-state index is 12.4. The standard InChI is InChI=1S/C15H16N2O7S2/c1-17(2)26(23,24)12-7-8-14(18)13(9-12)16-25(21,22)11-5-3-10(4-6-11)15(19)20/h3-9,16,18H,1-2H3,(H,19,20). The van der Waals surface area contributed by atoms with E-state index in [0.717, 1.165) is 46.8 Å². The first-order chi connectivity index (χ1) is 11.9. The van der Waals surface area contributed by atoms with Crippen molar-refractivity contribution in [1.82, 2.24) is 4.31 Å². The Morgan fingerprint density at radius 1 is 0.962 bits per heavy atom. The molecule has 0 saturated carbocycles. The number of hydrogen-bond acceptors (Lipinski definition) is 6. The molecule has 0 bridgehead atoms. The molecule has 9 nitrogen and oxygen atoms in total. The first-order valence-corrected chi connectivity index (χ1v) is 9.99. The molecule has 0 aliphatic rings. The molecule has 2 aromatic carbocycles. The van der Waals surface area contributed by atoms with Crippen LogP contribution in [0.4, 0.5) is 5.69 Å². The van der Waals surface area contributed by atoms with E-state index in [4.69, 9.17) is 5.11 Å². The van der Waals surface area contributed by atoms with Gasteiger partial charge in [0.1, 0.15) is 5.75 Å². The van der Waals surface area contributed by atoms with Crippen LogP contribution in [-0.2, 0) is 20.0 Å². The minimum Gasteiger partial charge on any atom is -0.506 e. The van der Waals surface area contributed by atoms with Crippen molar-refractivity contribution in [1.29, 1.82) is 0 Å². The SMILES string of the molecule is CN(C)S(=O)(=O)c1ccc(O)c(NS(=O)(=O)c2ccc(C(=O)O)cc2)c1. The van der Waals surface area contributed by atoms with Crippen molar-refractivity contribution in [3.63, 3.8) is 0 Å². The third-order valence-corrected chi connectivity index (χ3v) is 6.59. The second-order valence-electron chi connectivity index (χ2n) is 5.40. The summed E-state index contributed by atoms with van der Waals surface area (Å²) in [5.41, 5.74) is -0.416. The van der Waals surface area contributed by atoms with Gasteiger partial charge in [0, 0.05) is 14.1 Å². The van der Waals surface area contributed by atoms with Crippen molar-refractivity contribution in [3.05, 3.63) is 48.0 Å². The molecule has 0 aliphatic carbocycles. The van der Waals surface area contributed by atoms with E-state index < -0.39 is 31.8 Å². The van der Waals surface area contributed by atoms with Crippen LogP contribution in [0.5, 0.6) is 5.75 Å². The number of aromatic hydroxyl groups is 1. The van der Waals surface area contributed by atoms with Gasteiger partial charge < -0.3 is 10.2 Å². The lowest BCUT2D eigenvalue weighted by Gasteiger charge is -2.14.